The van der Waals surface area contributed by atoms with Crippen molar-refractivity contribution in [1.82, 2.24) is 0 Å². The molecule has 6 aromatic rings. The van der Waals surface area contributed by atoms with Crippen molar-refractivity contribution < 1.29 is 9.47 Å². The second-order valence-corrected chi connectivity index (χ2v) is 16.5. The molecule has 0 radical (unpaired) electrons. The van der Waals surface area contributed by atoms with Crippen LogP contribution in [0.1, 0.15) is 36.1 Å². The number of hydrogen-bond donors (Lipinski definition) is 0. The molecule has 0 unspecified atom stereocenters. The molecule has 0 N–H and O–H groups in total. The Labute approximate surface area is 267 Å². The van der Waals surface area contributed by atoms with E-state index in [0.29, 0.717) is 0 Å². The van der Waals surface area contributed by atoms with Crippen molar-refractivity contribution in [2.45, 2.75) is 25.9 Å². The molecule has 3 heteroatoms. The number of allylic oxidation sites excluding steroid dienone is 2. The first-order chi connectivity index (χ1) is 22.1. The molecule has 1 aliphatic heterocycles. The third-order valence-corrected chi connectivity index (χ3v) is 15.1. The normalized spacial score (nSPS) is 14.4. The zero-order valence-electron chi connectivity index (χ0n) is 26.4. The highest BCUT2D eigenvalue weighted by atomic mass is 28.3. The van der Waals surface area contributed by atoms with Crippen LogP contribution in [0.15, 0.2) is 133 Å². The minimum Gasteiger partial charge on any atom is -0.497 e. The lowest BCUT2D eigenvalue weighted by Gasteiger charge is -2.33. The van der Waals surface area contributed by atoms with Crippen LogP contribution in [0.3, 0.4) is 0 Å². The molecule has 0 bridgehead atoms. The van der Waals surface area contributed by atoms with E-state index in [1.807, 2.05) is 0 Å². The second kappa shape index (κ2) is 11.9. The van der Waals surface area contributed by atoms with Gasteiger partial charge in [0.05, 0.1) is 14.2 Å². The highest BCUT2D eigenvalue weighted by Gasteiger charge is 2.48. The highest BCUT2D eigenvalue weighted by Crippen LogP contribution is 2.58. The fourth-order valence-electron chi connectivity index (χ4n) is 7.45. The van der Waals surface area contributed by atoms with Crippen LogP contribution in [0.2, 0.25) is 12.1 Å². The Morgan fingerprint density at radius 1 is 0.422 bits per heavy atom. The van der Waals surface area contributed by atoms with Gasteiger partial charge in [-0.05, 0) is 102 Å². The van der Waals surface area contributed by atoms with Gasteiger partial charge < -0.3 is 9.47 Å². The van der Waals surface area contributed by atoms with E-state index in [0.717, 1.165) is 23.6 Å². The van der Waals surface area contributed by atoms with Crippen molar-refractivity contribution in [3.63, 3.8) is 0 Å². The third-order valence-electron chi connectivity index (χ3n) is 9.71. The maximum Gasteiger partial charge on any atom is 0.120 e. The first-order valence-electron chi connectivity index (χ1n) is 15.9. The van der Waals surface area contributed by atoms with Crippen LogP contribution in [0.5, 0.6) is 11.5 Å². The van der Waals surface area contributed by atoms with E-state index in [2.05, 4.69) is 147 Å². The highest BCUT2D eigenvalue weighted by molar-refractivity contribution is 7.14. The Bertz CT molecular complexity index is 1940. The van der Waals surface area contributed by atoms with Crippen molar-refractivity contribution in [1.29, 1.82) is 0 Å². The average molecular weight is 603 g/mol. The molecule has 45 heavy (non-hydrogen) atoms. The third kappa shape index (κ3) is 4.88. The molecule has 0 fully saturated rings. The van der Waals surface area contributed by atoms with Gasteiger partial charge in [0.25, 0.3) is 0 Å². The van der Waals surface area contributed by atoms with Crippen molar-refractivity contribution in [3.05, 3.63) is 156 Å². The van der Waals surface area contributed by atoms with Crippen LogP contribution in [0, 0.1) is 0 Å². The van der Waals surface area contributed by atoms with Crippen molar-refractivity contribution in [3.8, 4) is 11.5 Å². The number of ether oxygens (including phenoxy) is 2. The smallest absolute Gasteiger partial charge is 0.120 e. The summed E-state index contributed by atoms with van der Waals surface area (Å²) in [6.45, 7) is 4.84. The zero-order chi connectivity index (χ0) is 31.0. The van der Waals surface area contributed by atoms with Crippen LogP contribution in [0.4, 0.5) is 0 Å². The van der Waals surface area contributed by atoms with Crippen LogP contribution < -0.4 is 9.47 Å². The van der Waals surface area contributed by atoms with Gasteiger partial charge in [-0.15, -0.1) is 0 Å². The SMILES string of the molecule is CC[Si]1(CC)C(c2ccc3cc(OC)ccc3c2)=C(c2ccccc2)C(c2ccccc2)=C1c1ccc2cc(OC)ccc2c1. The quantitative estimate of drug-likeness (QED) is 0.161. The molecule has 1 aliphatic rings. The molecule has 2 nitrogen and oxygen atoms in total. The minimum atomic E-state index is -2.31. The summed E-state index contributed by atoms with van der Waals surface area (Å²) in [7, 11) is 1.15. The summed E-state index contributed by atoms with van der Waals surface area (Å²) in [5.41, 5.74) is 7.98. The van der Waals surface area contributed by atoms with E-state index >= 15 is 0 Å². The zero-order valence-corrected chi connectivity index (χ0v) is 27.4. The van der Waals surface area contributed by atoms with E-state index in [4.69, 9.17) is 9.47 Å². The van der Waals surface area contributed by atoms with Crippen molar-refractivity contribution in [2.75, 3.05) is 14.2 Å². The Morgan fingerprint density at radius 2 is 0.800 bits per heavy atom. The molecule has 0 saturated carbocycles. The molecule has 0 amide bonds. The molecule has 0 aromatic heterocycles. The van der Waals surface area contributed by atoms with Gasteiger partial charge in [-0.2, -0.15) is 0 Å². The first-order valence-corrected chi connectivity index (χ1v) is 18.3. The summed E-state index contributed by atoms with van der Waals surface area (Å²) in [6, 6.07) is 51.2. The van der Waals surface area contributed by atoms with E-state index < -0.39 is 8.07 Å². The van der Waals surface area contributed by atoms with E-state index in [9.17, 15) is 0 Å². The number of benzene rings is 6. The Kier molecular flexibility index (Phi) is 7.64. The molecule has 0 saturated heterocycles. The lowest BCUT2D eigenvalue weighted by Crippen LogP contribution is -2.35. The van der Waals surface area contributed by atoms with E-state index in [-0.39, 0.29) is 0 Å². The number of rotatable bonds is 8. The Morgan fingerprint density at radius 3 is 1.18 bits per heavy atom. The summed E-state index contributed by atoms with van der Waals surface area (Å²) in [4.78, 5) is 0. The number of methoxy groups -OCH3 is 2. The van der Waals surface area contributed by atoms with E-state index in [1.165, 1.54) is 54.9 Å². The topological polar surface area (TPSA) is 18.5 Å². The Balaban J connectivity index is 1.58. The fourth-order valence-corrected chi connectivity index (χ4v) is 12.5. The van der Waals surface area contributed by atoms with Crippen LogP contribution >= 0.6 is 0 Å². The molecular weight excluding hydrogens is 565 g/mol. The molecular formula is C42H38O2Si. The maximum absolute atomic E-state index is 5.55. The van der Waals surface area contributed by atoms with Crippen LogP contribution in [-0.2, 0) is 0 Å². The molecule has 0 aliphatic carbocycles. The van der Waals surface area contributed by atoms with Gasteiger partial charge in [-0.1, -0.05) is 123 Å². The van der Waals surface area contributed by atoms with E-state index in [1.54, 1.807) is 24.6 Å². The maximum atomic E-state index is 5.55. The van der Waals surface area contributed by atoms with Gasteiger partial charge in [-0.3, -0.25) is 0 Å². The number of hydrogen-bond acceptors (Lipinski definition) is 2. The summed E-state index contributed by atoms with van der Waals surface area (Å²) >= 11 is 0. The van der Waals surface area contributed by atoms with Crippen LogP contribution in [0.25, 0.3) is 43.1 Å². The van der Waals surface area contributed by atoms with Gasteiger partial charge in [-0.25, -0.2) is 0 Å². The molecule has 7 rings (SSSR count). The predicted molar refractivity (Wildman–Crippen MR) is 194 cm³/mol. The molecule has 0 atom stereocenters. The van der Waals surface area contributed by atoms with Gasteiger partial charge in [0.2, 0.25) is 0 Å². The average Bonchev–Trinajstić information content (AvgIpc) is 3.43. The molecule has 6 aromatic carbocycles. The molecule has 222 valence electrons. The molecule has 1 heterocycles. The first kappa shape index (κ1) is 28.9. The van der Waals surface area contributed by atoms with Crippen LogP contribution in [-0.4, -0.2) is 22.3 Å². The number of fused-ring (bicyclic) bond motifs is 2. The Hall–Kier alpha value is -4.86. The van der Waals surface area contributed by atoms with Gasteiger partial charge in [0, 0.05) is 0 Å². The lowest BCUT2D eigenvalue weighted by molar-refractivity contribution is 0.415. The van der Waals surface area contributed by atoms with Crippen molar-refractivity contribution in [2.24, 2.45) is 0 Å². The summed E-state index contributed by atoms with van der Waals surface area (Å²) in [5, 5.41) is 7.94. The molecule has 0 spiro atoms. The predicted octanol–water partition coefficient (Wildman–Crippen LogP) is 11.1. The summed E-state index contributed by atoms with van der Waals surface area (Å²) in [6.07, 6.45) is 0. The van der Waals surface area contributed by atoms with Gasteiger partial charge in [0.1, 0.15) is 19.6 Å². The second-order valence-electron chi connectivity index (χ2n) is 11.9. The summed E-state index contributed by atoms with van der Waals surface area (Å²) < 4.78 is 11.1. The fraction of sp³-hybridized carbons (Fsp3) is 0.143. The standard InChI is InChI=1S/C42H38O2Si/c1-5-45(6-2)41(35-19-17-33-27-37(43-3)23-21-31(33)25-35)39(29-13-9-7-10-14-29)40(30-15-11-8-12-16-30)42(45)36-20-18-34-28-38(44-4)24-22-32(34)26-36/h7-28H,5-6H2,1-4H3. The van der Waals surface area contributed by atoms with Crippen molar-refractivity contribution >= 4 is 51.2 Å². The summed E-state index contributed by atoms with van der Waals surface area (Å²) in [5.74, 6) is 1.77. The largest absolute Gasteiger partial charge is 0.497 e. The van der Waals surface area contributed by atoms with Gasteiger partial charge in [0.15, 0.2) is 0 Å². The van der Waals surface area contributed by atoms with Gasteiger partial charge >= 0.3 is 0 Å². The lowest BCUT2D eigenvalue weighted by atomic mass is 9.89. The minimum absolute atomic E-state index is 0.885. The monoisotopic (exact) mass is 602 g/mol.